The van der Waals surface area contributed by atoms with Gasteiger partial charge in [0.25, 0.3) is 5.69 Å². The van der Waals surface area contributed by atoms with E-state index in [0.29, 0.717) is 17.6 Å². The summed E-state index contributed by atoms with van der Waals surface area (Å²) in [5.41, 5.74) is 1.73. The van der Waals surface area contributed by atoms with Crippen LogP contribution in [-0.4, -0.2) is 41.0 Å². The Morgan fingerprint density at radius 3 is 2.56 bits per heavy atom. The number of urea groups is 1. The van der Waals surface area contributed by atoms with Crippen LogP contribution >= 0.6 is 11.6 Å². The Balaban J connectivity index is 1.27. The number of amides is 2. The molecule has 2 aromatic rings. The minimum absolute atomic E-state index is 0.0389. The second-order valence-corrected chi connectivity index (χ2v) is 9.26. The van der Waals surface area contributed by atoms with Crippen LogP contribution in [0.3, 0.4) is 0 Å². The van der Waals surface area contributed by atoms with Crippen molar-refractivity contribution in [3.05, 3.63) is 69.2 Å². The van der Waals surface area contributed by atoms with Crippen LogP contribution in [-0.2, 0) is 6.42 Å². The maximum atomic E-state index is 12.5. The van der Waals surface area contributed by atoms with Crippen molar-refractivity contribution in [2.75, 3.05) is 18.4 Å². The zero-order valence-electron chi connectivity index (χ0n) is 18.0. The molecule has 2 aromatic carbocycles. The molecule has 170 valence electrons. The second-order valence-electron chi connectivity index (χ2n) is 8.82. The van der Waals surface area contributed by atoms with Crippen LogP contribution in [0.4, 0.5) is 16.2 Å². The third-order valence-corrected chi connectivity index (χ3v) is 6.92. The number of piperidine rings is 1. The normalized spacial score (nSPS) is 21.9. The third-order valence-electron chi connectivity index (χ3n) is 6.67. The number of nitrogens with one attached hydrogen (secondary N) is 2. The van der Waals surface area contributed by atoms with Crippen molar-refractivity contribution in [3.63, 3.8) is 0 Å². The van der Waals surface area contributed by atoms with E-state index in [1.807, 2.05) is 12.1 Å². The molecule has 1 aliphatic carbocycles. The van der Waals surface area contributed by atoms with Gasteiger partial charge in [0.2, 0.25) is 0 Å². The Morgan fingerprint density at radius 2 is 1.84 bits per heavy atom. The van der Waals surface area contributed by atoms with E-state index in [9.17, 15) is 14.9 Å². The number of non-ortho nitro benzene ring substituents is 1. The third kappa shape index (κ3) is 5.78. The van der Waals surface area contributed by atoms with Gasteiger partial charge in [0.1, 0.15) is 0 Å². The number of halogens is 1. The number of rotatable bonds is 6. The van der Waals surface area contributed by atoms with Gasteiger partial charge >= 0.3 is 6.03 Å². The minimum Gasteiger partial charge on any atom is -0.334 e. The van der Waals surface area contributed by atoms with Crippen molar-refractivity contribution < 1.29 is 9.72 Å². The SMILES string of the molecule is O=C(Nc1cccc([N+](=O)[O-])c1)N[C@@H]1CCC[C@H]1N1CCC(Cc2ccc(Cl)cc2)CC1. The Bertz CT molecular complexity index is 945. The van der Waals surface area contributed by atoms with Crippen molar-refractivity contribution in [1.29, 1.82) is 0 Å². The summed E-state index contributed by atoms with van der Waals surface area (Å²) in [6, 6.07) is 14.3. The van der Waals surface area contributed by atoms with E-state index in [0.717, 1.165) is 56.6 Å². The fourth-order valence-corrected chi connectivity index (χ4v) is 5.15. The van der Waals surface area contributed by atoms with E-state index < -0.39 is 4.92 Å². The lowest BCUT2D eigenvalue weighted by atomic mass is 9.89. The summed E-state index contributed by atoms with van der Waals surface area (Å²) in [5, 5.41) is 17.6. The van der Waals surface area contributed by atoms with Gasteiger partial charge in [-0.3, -0.25) is 15.0 Å². The smallest absolute Gasteiger partial charge is 0.319 e. The van der Waals surface area contributed by atoms with Gasteiger partial charge in [-0.25, -0.2) is 4.79 Å². The molecule has 0 radical (unpaired) electrons. The maximum absolute atomic E-state index is 12.5. The first-order valence-electron chi connectivity index (χ1n) is 11.3. The first kappa shape index (κ1) is 22.6. The van der Waals surface area contributed by atoms with Gasteiger partial charge in [-0.15, -0.1) is 0 Å². The van der Waals surface area contributed by atoms with Gasteiger partial charge in [-0.2, -0.15) is 0 Å². The molecule has 0 spiro atoms. The minimum atomic E-state index is -0.466. The lowest BCUT2D eigenvalue weighted by Gasteiger charge is -2.38. The first-order chi connectivity index (χ1) is 15.5. The predicted molar refractivity (Wildman–Crippen MR) is 126 cm³/mol. The number of nitro benzene ring substituents is 1. The summed E-state index contributed by atoms with van der Waals surface area (Å²) in [5.74, 6) is 0.678. The van der Waals surface area contributed by atoms with Gasteiger partial charge in [-0.1, -0.05) is 29.8 Å². The average molecular weight is 457 g/mol. The van der Waals surface area contributed by atoms with Gasteiger partial charge < -0.3 is 10.6 Å². The molecule has 1 aliphatic heterocycles. The first-order valence-corrected chi connectivity index (χ1v) is 11.7. The van der Waals surface area contributed by atoms with Crippen molar-refractivity contribution in [3.8, 4) is 0 Å². The monoisotopic (exact) mass is 456 g/mol. The van der Waals surface area contributed by atoms with Gasteiger partial charge in [0, 0.05) is 34.9 Å². The van der Waals surface area contributed by atoms with Gasteiger partial charge in [0.15, 0.2) is 0 Å². The molecule has 0 bridgehead atoms. The quantitative estimate of drug-likeness (QED) is 0.459. The van der Waals surface area contributed by atoms with Crippen LogP contribution in [0.15, 0.2) is 48.5 Å². The van der Waals surface area contributed by atoms with Crippen molar-refractivity contribution in [2.45, 2.75) is 50.6 Å². The molecular weight excluding hydrogens is 428 g/mol. The van der Waals surface area contributed by atoms with Crippen molar-refractivity contribution in [1.82, 2.24) is 10.2 Å². The molecular formula is C24H29ClN4O3. The molecule has 1 saturated heterocycles. The Hall–Kier alpha value is -2.64. The molecule has 1 heterocycles. The van der Waals surface area contributed by atoms with E-state index in [1.54, 1.807) is 12.1 Å². The van der Waals surface area contributed by atoms with E-state index in [1.165, 1.54) is 17.7 Å². The molecule has 32 heavy (non-hydrogen) atoms. The molecule has 0 unspecified atom stereocenters. The van der Waals surface area contributed by atoms with Crippen LogP contribution in [0.25, 0.3) is 0 Å². The molecule has 4 rings (SSSR count). The zero-order valence-corrected chi connectivity index (χ0v) is 18.8. The number of hydrogen-bond acceptors (Lipinski definition) is 4. The van der Waals surface area contributed by atoms with E-state index in [-0.39, 0.29) is 17.8 Å². The largest absolute Gasteiger partial charge is 0.334 e. The summed E-state index contributed by atoms with van der Waals surface area (Å²) in [7, 11) is 0. The lowest BCUT2D eigenvalue weighted by Crippen LogP contribution is -2.52. The van der Waals surface area contributed by atoms with Crippen molar-refractivity contribution >= 4 is 29.0 Å². The summed E-state index contributed by atoms with van der Waals surface area (Å²) in [6.45, 7) is 2.10. The topological polar surface area (TPSA) is 87.5 Å². The molecule has 1 saturated carbocycles. The van der Waals surface area contributed by atoms with Crippen LogP contribution in [0.2, 0.25) is 5.02 Å². The number of likely N-dealkylation sites (tertiary alicyclic amines) is 1. The van der Waals surface area contributed by atoms with Crippen molar-refractivity contribution in [2.24, 2.45) is 5.92 Å². The highest BCUT2D eigenvalue weighted by Crippen LogP contribution is 2.30. The molecule has 7 nitrogen and oxygen atoms in total. The van der Waals surface area contributed by atoms with Gasteiger partial charge in [-0.05, 0) is 81.3 Å². The fraction of sp³-hybridized carbons (Fsp3) is 0.458. The maximum Gasteiger partial charge on any atom is 0.319 e. The number of carbonyl (C=O) groups is 1. The average Bonchev–Trinajstić information content (AvgIpc) is 3.24. The lowest BCUT2D eigenvalue weighted by molar-refractivity contribution is -0.384. The molecule has 2 fully saturated rings. The van der Waals surface area contributed by atoms with Crippen LogP contribution in [0, 0.1) is 16.0 Å². The van der Waals surface area contributed by atoms with E-state index in [2.05, 4.69) is 27.7 Å². The highest BCUT2D eigenvalue weighted by molar-refractivity contribution is 6.30. The number of benzene rings is 2. The van der Waals surface area contributed by atoms with Gasteiger partial charge in [0.05, 0.1) is 4.92 Å². The predicted octanol–water partition coefficient (Wildman–Crippen LogP) is 5.25. The summed E-state index contributed by atoms with van der Waals surface area (Å²) in [4.78, 5) is 25.5. The van der Waals surface area contributed by atoms with Crippen LogP contribution in [0.1, 0.15) is 37.7 Å². The Morgan fingerprint density at radius 1 is 1.09 bits per heavy atom. The zero-order chi connectivity index (χ0) is 22.5. The standard InChI is InChI=1S/C24H29ClN4O3/c25-19-9-7-17(8-10-19)15-18-11-13-28(14-12-18)23-6-2-5-22(23)27-24(30)26-20-3-1-4-21(16-20)29(31)32/h1,3-4,7-10,16,18,22-23H,2,5-6,11-15H2,(H2,26,27,30)/t22-,23-/m1/s1. The summed E-state index contributed by atoms with van der Waals surface area (Å²) in [6.07, 6.45) is 6.54. The molecule has 2 N–H and O–H groups in total. The van der Waals surface area contributed by atoms with E-state index in [4.69, 9.17) is 11.6 Å². The number of hydrogen-bond donors (Lipinski definition) is 2. The Kier molecular flexibility index (Phi) is 7.27. The summed E-state index contributed by atoms with van der Waals surface area (Å²) < 4.78 is 0. The molecule has 2 atom stereocenters. The van der Waals surface area contributed by atoms with Crippen LogP contribution in [0.5, 0.6) is 0 Å². The second kappa shape index (κ2) is 10.3. The molecule has 0 aromatic heterocycles. The highest BCUT2D eigenvalue weighted by Gasteiger charge is 2.35. The molecule has 8 heteroatoms. The molecule has 2 amide bonds. The highest BCUT2D eigenvalue weighted by atomic mass is 35.5. The number of nitrogens with zero attached hydrogens (tertiary/aromatic N) is 2. The number of carbonyl (C=O) groups excluding carboxylic acids is 1. The molecule has 2 aliphatic rings. The van der Waals surface area contributed by atoms with E-state index >= 15 is 0 Å². The number of anilines is 1. The Labute approximate surface area is 193 Å². The summed E-state index contributed by atoms with van der Waals surface area (Å²) >= 11 is 5.99. The number of nitro groups is 1. The fourth-order valence-electron chi connectivity index (χ4n) is 5.02. The van der Waals surface area contributed by atoms with Crippen LogP contribution < -0.4 is 10.6 Å².